The number of ether oxygens (including phenoxy) is 2. The van der Waals surface area contributed by atoms with Gasteiger partial charge in [0, 0.05) is 25.7 Å². The lowest BCUT2D eigenvalue weighted by Crippen LogP contribution is -2.44. The summed E-state index contributed by atoms with van der Waals surface area (Å²) in [5, 5.41) is 0. The Morgan fingerprint density at radius 3 is 2.56 bits per heavy atom. The smallest absolute Gasteiger partial charge is 0.118 e. The maximum absolute atomic E-state index is 6.19. The molecule has 1 saturated heterocycles. The van der Waals surface area contributed by atoms with Gasteiger partial charge in [-0.1, -0.05) is 12.1 Å². The maximum Gasteiger partial charge on any atom is 0.118 e. The average molecular weight is 250 g/mol. The van der Waals surface area contributed by atoms with Crippen molar-refractivity contribution >= 4 is 0 Å². The lowest BCUT2D eigenvalue weighted by molar-refractivity contribution is 0.0353. The summed E-state index contributed by atoms with van der Waals surface area (Å²) in [6, 6.07) is 8.31. The van der Waals surface area contributed by atoms with E-state index in [1.165, 1.54) is 5.56 Å². The molecule has 1 atom stereocenters. The second-order valence-corrected chi connectivity index (χ2v) is 4.73. The minimum Gasteiger partial charge on any atom is -0.497 e. The van der Waals surface area contributed by atoms with E-state index in [1.807, 2.05) is 12.1 Å². The van der Waals surface area contributed by atoms with E-state index in [0.717, 1.165) is 45.0 Å². The van der Waals surface area contributed by atoms with Crippen LogP contribution in [0.2, 0.25) is 0 Å². The highest BCUT2D eigenvalue weighted by Gasteiger charge is 2.14. The van der Waals surface area contributed by atoms with E-state index in [2.05, 4.69) is 17.0 Å². The number of nitrogens with two attached hydrogens (primary N) is 1. The van der Waals surface area contributed by atoms with Gasteiger partial charge in [-0.2, -0.15) is 0 Å². The minimum absolute atomic E-state index is 0.177. The van der Waals surface area contributed by atoms with Crippen molar-refractivity contribution in [2.75, 3.05) is 40.0 Å². The highest BCUT2D eigenvalue weighted by molar-refractivity contribution is 5.27. The Labute approximate surface area is 109 Å². The summed E-state index contributed by atoms with van der Waals surface area (Å²) in [5.74, 6) is 0.889. The molecule has 1 unspecified atom stereocenters. The molecule has 0 aromatic heterocycles. The fourth-order valence-electron chi connectivity index (χ4n) is 2.24. The van der Waals surface area contributed by atoms with Crippen molar-refractivity contribution in [1.82, 2.24) is 4.90 Å². The van der Waals surface area contributed by atoms with Crippen molar-refractivity contribution < 1.29 is 9.47 Å². The van der Waals surface area contributed by atoms with Gasteiger partial charge in [-0.3, -0.25) is 4.90 Å². The lowest BCUT2D eigenvalue weighted by Gasteiger charge is -2.29. The fraction of sp³-hybridized carbons (Fsp3) is 0.571. The molecule has 4 nitrogen and oxygen atoms in total. The first-order valence-electron chi connectivity index (χ1n) is 6.46. The normalized spacial score (nSPS) is 18.6. The quantitative estimate of drug-likeness (QED) is 0.843. The van der Waals surface area contributed by atoms with Crippen LogP contribution in [0.15, 0.2) is 24.3 Å². The standard InChI is InChI=1S/C14H22N2O2/c1-17-14-4-2-12(3-5-14)10-13(15)11-16-6-8-18-9-7-16/h2-5,13H,6-11,15H2,1H3. The fourth-order valence-corrected chi connectivity index (χ4v) is 2.24. The van der Waals surface area contributed by atoms with E-state index >= 15 is 0 Å². The Morgan fingerprint density at radius 1 is 1.28 bits per heavy atom. The first-order valence-corrected chi connectivity index (χ1v) is 6.46. The number of nitrogens with zero attached hydrogens (tertiary/aromatic N) is 1. The maximum atomic E-state index is 6.19. The van der Waals surface area contributed by atoms with Crippen molar-refractivity contribution in [3.63, 3.8) is 0 Å². The van der Waals surface area contributed by atoms with Gasteiger partial charge in [0.1, 0.15) is 5.75 Å². The van der Waals surface area contributed by atoms with Crippen LogP contribution in [0.3, 0.4) is 0 Å². The van der Waals surface area contributed by atoms with E-state index in [9.17, 15) is 0 Å². The molecule has 0 spiro atoms. The van der Waals surface area contributed by atoms with E-state index < -0.39 is 0 Å². The number of hydrogen-bond donors (Lipinski definition) is 1. The van der Waals surface area contributed by atoms with E-state index in [1.54, 1.807) is 7.11 Å². The van der Waals surface area contributed by atoms with Crippen LogP contribution >= 0.6 is 0 Å². The molecule has 1 aromatic carbocycles. The van der Waals surface area contributed by atoms with Gasteiger partial charge < -0.3 is 15.2 Å². The highest BCUT2D eigenvalue weighted by atomic mass is 16.5. The lowest BCUT2D eigenvalue weighted by atomic mass is 10.1. The van der Waals surface area contributed by atoms with Crippen LogP contribution in [0.4, 0.5) is 0 Å². The molecule has 0 aliphatic carbocycles. The van der Waals surface area contributed by atoms with Crippen molar-refractivity contribution in [3.8, 4) is 5.75 Å². The largest absolute Gasteiger partial charge is 0.497 e. The minimum atomic E-state index is 0.177. The molecule has 0 bridgehead atoms. The number of rotatable bonds is 5. The summed E-state index contributed by atoms with van der Waals surface area (Å²) in [6.07, 6.45) is 0.904. The van der Waals surface area contributed by atoms with Crippen LogP contribution in [-0.2, 0) is 11.2 Å². The Hall–Kier alpha value is -1.10. The van der Waals surface area contributed by atoms with Gasteiger partial charge in [0.05, 0.1) is 20.3 Å². The zero-order valence-corrected chi connectivity index (χ0v) is 11.0. The highest BCUT2D eigenvalue weighted by Crippen LogP contribution is 2.12. The molecule has 4 heteroatoms. The third-order valence-corrected chi connectivity index (χ3v) is 3.25. The molecule has 2 N–H and O–H groups in total. The molecule has 1 aliphatic heterocycles. The van der Waals surface area contributed by atoms with E-state index in [4.69, 9.17) is 15.2 Å². The Kier molecular flexibility index (Phi) is 4.99. The van der Waals surface area contributed by atoms with Crippen LogP contribution in [-0.4, -0.2) is 50.9 Å². The molecule has 1 heterocycles. The number of benzene rings is 1. The van der Waals surface area contributed by atoms with Crippen LogP contribution in [0.25, 0.3) is 0 Å². The molecular formula is C14H22N2O2. The monoisotopic (exact) mass is 250 g/mol. The predicted octanol–water partition coefficient (Wildman–Crippen LogP) is 0.897. The summed E-state index contributed by atoms with van der Waals surface area (Å²) in [5.41, 5.74) is 7.45. The van der Waals surface area contributed by atoms with Crippen molar-refractivity contribution in [2.45, 2.75) is 12.5 Å². The molecule has 1 fully saturated rings. The summed E-state index contributed by atoms with van der Waals surface area (Å²) >= 11 is 0. The molecule has 2 rings (SSSR count). The summed E-state index contributed by atoms with van der Waals surface area (Å²) in [6.45, 7) is 4.59. The van der Waals surface area contributed by atoms with Gasteiger partial charge in [-0.05, 0) is 24.1 Å². The Balaban J connectivity index is 1.80. The zero-order chi connectivity index (χ0) is 12.8. The molecule has 1 aliphatic rings. The van der Waals surface area contributed by atoms with Gasteiger partial charge in [-0.15, -0.1) is 0 Å². The Bertz CT molecular complexity index is 347. The Morgan fingerprint density at radius 2 is 1.94 bits per heavy atom. The zero-order valence-electron chi connectivity index (χ0n) is 11.0. The second-order valence-electron chi connectivity index (χ2n) is 4.73. The van der Waals surface area contributed by atoms with Gasteiger partial charge in [0.2, 0.25) is 0 Å². The van der Waals surface area contributed by atoms with Gasteiger partial charge in [0.25, 0.3) is 0 Å². The van der Waals surface area contributed by atoms with Gasteiger partial charge in [0.15, 0.2) is 0 Å². The molecule has 0 radical (unpaired) electrons. The number of hydrogen-bond acceptors (Lipinski definition) is 4. The van der Waals surface area contributed by atoms with E-state index in [-0.39, 0.29) is 6.04 Å². The third kappa shape index (κ3) is 3.98. The third-order valence-electron chi connectivity index (χ3n) is 3.25. The molecule has 0 saturated carbocycles. The summed E-state index contributed by atoms with van der Waals surface area (Å²) in [7, 11) is 1.68. The van der Waals surface area contributed by atoms with Crippen molar-refractivity contribution in [1.29, 1.82) is 0 Å². The number of morpholine rings is 1. The molecule has 1 aromatic rings. The molecule has 18 heavy (non-hydrogen) atoms. The van der Waals surface area contributed by atoms with Crippen LogP contribution in [0.1, 0.15) is 5.56 Å². The van der Waals surface area contributed by atoms with Crippen LogP contribution in [0, 0.1) is 0 Å². The van der Waals surface area contributed by atoms with Crippen LogP contribution < -0.4 is 10.5 Å². The molecular weight excluding hydrogens is 228 g/mol. The van der Waals surface area contributed by atoms with Gasteiger partial charge in [-0.25, -0.2) is 0 Å². The first-order chi connectivity index (χ1) is 8.78. The summed E-state index contributed by atoms with van der Waals surface area (Å²) in [4.78, 5) is 2.37. The SMILES string of the molecule is COc1ccc(CC(N)CN2CCOCC2)cc1. The topological polar surface area (TPSA) is 47.7 Å². The van der Waals surface area contributed by atoms with E-state index in [0.29, 0.717) is 0 Å². The summed E-state index contributed by atoms with van der Waals surface area (Å²) < 4.78 is 10.5. The van der Waals surface area contributed by atoms with Crippen molar-refractivity contribution in [3.05, 3.63) is 29.8 Å². The molecule has 0 amide bonds. The number of methoxy groups -OCH3 is 1. The van der Waals surface area contributed by atoms with Crippen LogP contribution in [0.5, 0.6) is 5.75 Å². The second kappa shape index (κ2) is 6.73. The predicted molar refractivity (Wildman–Crippen MR) is 71.9 cm³/mol. The molecule has 100 valence electrons. The average Bonchev–Trinajstić information content (AvgIpc) is 2.40. The van der Waals surface area contributed by atoms with Crippen molar-refractivity contribution in [2.24, 2.45) is 5.73 Å². The van der Waals surface area contributed by atoms with Gasteiger partial charge >= 0.3 is 0 Å². The first kappa shape index (κ1) is 13.3.